The zero-order valence-corrected chi connectivity index (χ0v) is 8.55. The maximum atomic E-state index is 9.54. The van der Waals surface area contributed by atoms with Gasteiger partial charge in [0.15, 0.2) is 0 Å². The van der Waals surface area contributed by atoms with Crippen LogP contribution in [-0.2, 0) is 0 Å². The van der Waals surface area contributed by atoms with Crippen LogP contribution < -0.4 is 0 Å². The molecule has 0 heterocycles. The minimum atomic E-state index is -0.101. The van der Waals surface area contributed by atoms with E-state index in [0.717, 1.165) is 0 Å². The van der Waals surface area contributed by atoms with E-state index in [-0.39, 0.29) is 6.10 Å². The number of hydrogen-bond donors (Lipinski definition) is 1. The molecule has 0 aromatic carbocycles. The van der Waals surface area contributed by atoms with E-state index in [4.69, 9.17) is 0 Å². The Kier molecular flexibility index (Phi) is 2.73. The third kappa shape index (κ3) is 1.96. The van der Waals surface area contributed by atoms with E-state index >= 15 is 0 Å². The summed E-state index contributed by atoms with van der Waals surface area (Å²) in [6, 6.07) is 0. The molecule has 1 nitrogen and oxygen atoms in total. The van der Waals surface area contributed by atoms with Crippen molar-refractivity contribution >= 4 is 0 Å². The average Bonchev–Trinajstić information content (AvgIpc) is 2.17. The molecule has 0 aromatic rings. The Morgan fingerprint density at radius 1 is 1.15 bits per heavy atom. The SMILES string of the molecule is CC(O)C1CCC2=C(CCCC2)C1. The molecular weight excluding hydrogens is 160 g/mol. The number of hydrogen-bond acceptors (Lipinski definition) is 1. The fraction of sp³-hybridized carbons (Fsp3) is 0.833. The van der Waals surface area contributed by atoms with Gasteiger partial charge in [-0.15, -0.1) is 0 Å². The van der Waals surface area contributed by atoms with Crippen molar-refractivity contribution in [1.29, 1.82) is 0 Å². The molecule has 2 rings (SSSR count). The minimum absolute atomic E-state index is 0.101. The quantitative estimate of drug-likeness (QED) is 0.615. The average molecular weight is 180 g/mol. The highest BCUT2D eigenvalue weighted by Gasteiger charge is 2.25. The maximum absolute atomic E-state index is 9.54. The molecule has 2 atom stereocenters. The van der Waals surface area contributed by atoms with Gasteiger partial charge in [0, 0.05) is 0 Å². The Bertz CT molecular complexity index is 215. The van der Waals surface area contributed by atoms with Crippen molar-refractivity contribution in [1.82, 2.24) is 0 Å². The first-order valence-electron chi connectivity index (χ1n) is 5.65. The van der Waals surface area contributed by atoms with E-state index in [1.807, 2.05) is 6.92 Å². The molecule has 74 valence electrons. The Morgan fingerprint density at radius 2 is 1.85 bits per heavy atom. The second-order valence-corrected chi connectivity index (χ2v) is 4.66. The van der Waals surface area contributed by atoms with E-state index < -0.39 is 0 Å². The lowest BCUT2D eigenvalue weighted by Crippen LogP contribution is -2.22. The molecule has 0 saturated heterocycles. The molecule has 2 unspecified atom stereocenters. The smallest absolute Gasteiger partial charge is 0.0543 e. The van der Waals surface area contributed by atoms with Crippen molar-refractivity contribution in [3.8, 4) is 0 Å². The predicted molar refractivity (Wildman–Crippen MR) is 54.5 cm³/mol. The first kappa shape index (κ1) is 9.26. The lowest BCUT2D eigenvalue weighted by Gasteiger charge is -2.31. The summed E-state index contributed by atoms with van der Waals surface area (Å²) in [5, 5.41) is 9.54. The minimum Gasteiger partial charge on any atom is -0.393 e. The van der Waals surface area contributed by atoms with Gasteiger partial charge < -0.3 is 5.11 Å². The van der Waals surface area contributed by atoms with Crippen LogP contribution in [0.25, 0.3) is 0 Å². The fourth-order valence-corrected chi connectivity index (χ4v) is 2.77. The zero-order valence-electron chi connectivity index (χ0n) is 8.55. The Hall–Kier alpha value is -0.300. The Labute approximate surface area is 80.8 Å². The van der Waals surface area contributed by atoms with Crippen molar-refractivity contribution in [3.05, 3.63) is 11.1 Å². The number of aliphatic hydroxyl groups is 1. The lowest BCUT2D eigenvalue weighted by atomic mass is 9.76. The summed E-state index contributed by atoms with van der Waals surface area (Å²) in [6.07, 6.45) is 9.02. The topological polar surface area (TPSA) is 20.2 Å². The molecule has 0 radical (unpaired) electrons. The highest BCUT2D eigenvalue weighted by atomic mass is 16.3. The molecule has 1 heteroatoms. The van der Waals surface area contributed by atoms with Gasteiger partial charge in [0.2, 0.25) is 0 Å². The van der Waals surface area contributed by atoms with Gasteiger partial charge in [-0.25, -0.2) is 0 Å². The highest BCUT2D eigenvalue weighted by molar-refractivity contribution is 5.20. The summed E-state index contributed by atoms with van der Waals surface area (Å²) < 4.78 is 0. The molecule has 0 spiro atoms. The third-order valence-electron chi connectivity index (χ3n) is 3.71. The number of aliphatic hydroxyl groups excluding tert-OH is 1. The monoisotopic (exact) mass is 180 g/mol. The second-order valence-electron chi connectivity index (χ2n) is 4.66. The van der Waals surface area contributed by atoms with Crippen LogP contribution in [0.1, 0.15) is 51.9 Å². The van der Waals surface area contributed by atoms with Gasteiger partial charge in [0.1, 0.15) is 0 Å². The van der Waals surface area contributed by atoms with Crippen molar-refractivity contribution in [2.24, 2.45) is 5.92 Å². The highest BCUT2D eigenvalue weighted by Crippen LogP contribution is 2.38. The van der Waals surface area contributed by atoms with Gasteiger partial charge in [-0.1, -0.05) is 11.1 Å². The third-order valence-corrected chi connectivity index (χ3v) is 3.71. The van der Waals surface area contributed by atoms with Gasteiger partial charge in [-0.05, 0) is 57.8 Å². The first-order valence-corrected chi connectivity index (χ1v) is 5.65. The molecule has 0 bridgehead atoms. The van der Waals surface area contributed by atoms with E-state index in [0.29, 0.717) is 5.92 Å². The van der Waals surface area contributed by atoms with E-state index in [1.54, 1.807) is 11.1 Å². The van der Waals surface area contributed by atoms with Gasteiger partial charge >= 0.3 is 0 Å². The fourth-order valence-electron chi connectivity index (χ4n) is 2.77. The van der Waals surface area contributed by atoms with E-state index in [1.165, 1.54) is 44.9 Å². The summed E-state index contributed by atoms with van der Waals surface area (Å²) in [5.41, 5.74) is 3.44. The summed E-state index contributed by atoms with van der Waals surface area (Å²) in [7, 11) is 0. The van der Waals surface area contributed by atoms with Gasteiger partial charge in [0.25, 0.3) is 0 Å². The molecule has 0 saturated carbocycles. The Morgan fingerprint density at radius 3 is 2.54 bits per heavy atom. The summed E-state index contributed by atoms with van der Waals surface area (Å²) in [6.45, 7) is 1.94. The van der Waals surface area contributed by atoms with Crippen LogP contribution in [0, 0.1) is 5.92 Å². The lowest BCUT2D eigenvalue weighted by molar-refractivity contribution is 0.115. The standard InChI is InChI=1S/C12H20O/c1-9(13)11-7-6-10-4-2-3-5-12(10)8-11/h9,11,13H,2-8H2,1H3. The van der Waals surface area contributed by atoms with Gasteiger partial charge in [-0.2, -0.15) is 0 Å². The summed E-state index contributed by atoms with van der Waals surface area (Å²) in [5.74, 6) is 0.553. The van der Waals surface area contributed by atoms with Crippen LogP contribution in [0.3, 0.4) is 0 Å². The van der Waals surface area contributed by atoms with E-state index in [2.05, 4.69) is 0 Å². The molecule has 13 heavy (non-hydrogen) atoms. The molecular formula is C12H20O. The van der Waals surface area contributed by atoms with Crippen molar-refractivity contribution in [2.45, 2.75) is 58.0 Å². The van der Waals surface area contributed by atoms with Crippen LogP contribution in [0.4, 0.5) is 0 Å². The predicted octanol–water partition coefficient (Wildman–Crippen LogP) is 3.04. The second kappa shape index (κ2) is 3.83. The van der Waals surface area contributed by atoms with Gasteiger partial charge in [0.05, 0.1) is 6.10 Å². The molecule has 0 aliphatic heterocycles. The normalized spacial score (nSPS) is 31.4. The van der Waals surface area contributed by atoms with Crippen LogP contribution in [-0.4, -0.2) is 11.2 Å². The zero-order chi connectivity index (χ0) is 9.26. The van der Waals surface area contributed by atoms with Crippen molar-refractivity contribution in [2.75, 3.05) is 0 Å². The van der Waals surface area contributed by atoms with Crippen molar-refractivity contribution < 1.29 is 5.11 Å². The number of rotatable bonds is 1. The van der Waals surface area contributed by atoms with Crippen LogP contribution in [0.15, 0.2) is 11.1 Å². The maximum Gasteiger partial charge on any atom is 0.0543 e. The summed E-state index contributed by atoms with van der Waals surface area (Å²) >= 11 is 0. The van der Waals surface area contributed by atoms with Crippen LogP contribution in [0.5, 0.6) is 0 Å². The molecule has 2 aliphatic carbocycles. The van der Waals surface area contributed by atoms with Gasteiger partial charge in [-0.3, -0.25) is 0 Å². The van der Waals surface area contributed by atoms with Crippen LogP contribution in [0.2, 0.25) is 0 Å². The van der Waals surface area contributed by atoms with Crippen LogP contribution >= 0.6 is 0 Å². The molecule has 0 amide bonds. The molecule has 0 fully saturated rings. The largest absolute Gasteiger partial charge is 0.393 e. The molecule has 1 N–H and O–H groups in total. The number of allylic oxidation sites excluding steroid dienone is 2. The van der Waals surface area contributed by atoms with E-state index in [9.17, 15) is 5.11 Å². The molecule has 0 aromatic heterocycles. The first-order chi connectivity index (χ1) is 6.27. The Balaban J connectivity index is 2.05. The summed E-state index contributed by atoms with van der Waals surface area (Å²) in [4.78, 5) is 0. The van der Waals surface area contributed by atoms with Crippen molar-refractivity contribution in [3.63, 3.8) is 0 Å². The molecule has 2 aliphatic rings.